The summed E-state index contributed by atoms with van der Waals surface area (Å²) >= 11 is 0. The minimum atomic E-state index is -0.817. The first kappa shape index (κ1) is 21.8. The van der Waals surface area contributed by atoms with Gasteiger partial charge in [-0.25, -0.2) is 9.18 Å². The second-order valence-corrected chi connectivity index (χ2v) is 7.10. The number of amides is 3. The molecule has 0 radical (unpaired) electrons. The van der Waals surface area contributed by atoms with Crippen LogP contribution in [0.4, 0.5) is 14.9 Å². The summed E-state index contributed by atoms with van der Waals surface area (Å²) in [4.78, 5) is 26.7. The molecule has 2 N–H and O–H groups in total. The number of halogens is 1. The van der Waals surface area contributed by atoms with Gasteiger partial charge in [-0.15, -0.1) is 0 Å². The number of hydrogen-bond acceptors (Lipinski definition) is 3. The third kappa shape index (κ3) is 6.05. The highest BCUT2D eigenvalue weighted by molar-refractivity contribution is 5.95. The Bertz CT molecular complexity index is 1030. The Morgan fingerprint density at radius 2 is 1.58 bits per heavy atom. The predicted molar refractivity (Wildman–Crippen MR) is 118 cm³/mol. The average molecular weight is 421 g/mol. The SMILES string of the molecule is CN(C)C(=O)C(Cc1ccccc1)NC(=O)Nc1c(F)cccc1Oc1ccccc1. The van der Waals surface area contributed by atoms with E-state index in [0.29, 0.717) is 12.2 Å². The lowest BCUT2D eigenvalue weighted by Gasteiger charge is -2.22. The molecule has 3 amide bonds. The van der Waals surface area contributed by atoms with Crippen molar-refractivity contribution in [3.05, 3.63) is 90.2 Å². The molecule has 7 heteroatoms. The smallest absolute Gasteiger partial charge is 0.320 e. The molecule has 1 unspecified atom stereocenters. The lowest BCUT2D eigenvalue weighted by atomic mass is 10.1. The van der Waals surface area contributed by atoms with Crippen LogP contribution < -0.4 is 15.4 Å². The van der Waals surface area contributed by atoms with E-state index in [0.717, 1.165) is 5.56 Å². The van der Waals surface area contributed by atoms with Gasteiger partial charge in [-0.3, -0.25) is 4.79 Å². The van der Waals surface area contributed by atoms with Gasteiger partial charge in [-0.2, -0.15) is 0 Å². The number of carbonyl (C=O) groups excluding carboxylic acids is 2. The van der Waals surface area contributed by atoms with Crippen LogP contribution in [-0.2, 0) is 11.2 Å². The minimum absolute atomic E-state index is 0.111. The molecule has 3 aromatic carbocycles. The Kier molecular flexibility index (Phi) is 7.22. The third-order valence-electron chi connectivity index (χ3n) is 4.51. The molecule has 0 bridgehead atoms. The Labute approximate surface area is 180 Å². The number of carbonyl (C=O) groups is 2. The Balaban J connectivity index is 1.77. The Hall–Kier alpha value is -3.87. The van der Waals surface area contributed by atoms with Crippen molar-refractivity contribution >= 4 is 17.6 Å². The predicted octanol–water partition coefficient (Wildman–Crippen LogP) is 4.44. The number of ether oxygens (including phenoxy) is 1. The fourth-order valence-electron chi connectivity index (χ4n) is 3.00. The second-order valence-electron chi connectivity index (χ2n) is 7.10. The van der Waals surface area contributed by atoms with E-state index >= 15 is 0 Å². The highest BCUT2D eigenvalue weighted by atomic mass is 19.1. The molecule has 0 saturated heterocycles. The van der Waals surface area contributed by atoms with Crippen LogP contribution in [-0.4, -0.2) is 37.0 Å². The summed E-state index contributed by atoms with van der Waals surface area (Å²) in [5, 5.41) is 5.14. The van der Waals surface area contributed by atoms with E-state index in [1.807, 2.05) is 36.4 Å². The van der Waals surface area contributed by atoms with Gasteiger partial charge in [0.05, 0.1) is 0 Å². The van der Waals surface area contributed by atoms with E-state index in [4.69, 9.17) is 4.74 Å². The van der Waals surface area contributed by atoms with Crippen molar-refractivity contribution in [2.24, 2.45) is 0 Å². The second kappa shape index (κ2) is 10.2. The van der Waals surface area contributed by atoms with Gasteiger partial charge in [0.1, 0.15) is 17.5 Å². The monoisotopic (exact) mass is 421 g/mol. The summed E-state index contributed by atoms with van der Waals surface area (Å²) in [6, 6.07) is 20.9. The fraction of sp³-hybridized carbons (Fsp3) is 0.167. The number of anilines is 1. The van der Waals surface area contributed by atoms with Crippen LogP contribution >= 0.6 is 0 Å². The van der Waals surface area contributed by atoms with E-state index in [2.05, 4.69) is 10.6 Å². The zero-order chi connectivity index (χ0) is 22.2. The summed E-state index contributed by atoms with van der Waals surface area (Å²) in [7, 11) is 3.23. The first-order chi connectivity index (χ1) is 14.9. The van der Waals surface area contributed by atoms with Crippen molar-refractivity contribution in [1.82, 2.24) is 10.2 Å². The molecule has 0 aliphatic carbocycles. The lowest BCUT2D eigenvalue weighted by Crippen LogP contribution is -2.49. The maximum atomic E-state index is 14.5. The molecular weight excluding hydrogens is 397 g/mol. The largest absolute Gasteiger partial charge is 0.455 e. The standard InChI is InChI=1S/C24H24FN3O3/c1-28(2)23(29)20(16-17-10-5-3-6-11-17)26-24(30)27-22-19(25)14-9-15-21(22)31-18-12-7-4-8-13-18/h3-15,20H,16H2,1-2H3,(H2,26,27,30). The molecule has 0 spiro atoms. The molecule has 160 valence electrons. The zero-order valence-corrected chi connectivity index (χ0v) is 17.3. The van der Waals surface area contributed by atoms with Gasteiger partial charge < -0.3 is 20.3 Å². The maximum Gasteiger partial charge on any atom is 0.320 e. The highest BCUT2D eigenvalue weighted by Gasteiger charge is 2.24. The van der Waals surface area contributed by atoms with Crippen LogP contribution in [0, 0.1) is 5.82 Å². The van der Waals surface area contributed by atoms with Crippen molar-refractivity contribution in [3.8, 4) is 11.5 Å². The van der Waals surface area contributed by atoms with E-state index in [1.165, 1.54) is 17.0 Å². The number of para-hydroxylation sites is 2. The van der Waals surface area contributed by atoms with Crippen LogP contribution in [0.3, 0.4) is 0 Å². The van der Waals surface area contributed by atoms with E-state index < -0.39 is 17.9 Å². The van der Waals surface area contributed by atoms with Gasteiger partial charge in [0.25, 0.3) is 0 Å². The number of hydrogen-bond donors (Lipinski definition) is 2. The average Bonchev–Trinajstić information content (AvgIpc) is 2.76. The number of benzene rings is 3. The molecule has 0 aliphatic rings. The summed E-state index contributed by atoms with van der Waals surface area (Å²) < 4.78 is 20.2. The summed E-state index contributed by atoms with van der Waals surface area (Å²) in [5.41, 5.74) is 0.779. The van der Waals surface area contributed by atoms with Crippen LogP contribution in [0.15, 0.2) is 78.9 Å². The van der Waals surface area contributed by atoms with Crippen molar-refractivity contribution < 1.29 is 18.7 Å². The molecular formula is C24H24FN3O3. The van der Waals surface area contributed by atoms with Crippen molar-refractivity contribution in [1.29, 1.82) is 0 Å². The first-order valence-electron chi connectivity index (χ1n) is 9.78. The first-order valence-corrected chi connectivity index (χ1v) is 9.78. The zero-order valence-electron chi connectivity index (χ0n) is 17.3. The normalized spacial score (nSPS) is 11.3. The molecule has 3 aromatic rings. The number of rotatable bonds is 7. The van der Waals surface area contributed by atoms with Gasteiger partial charge in [0.15, 0.2) is 11.6 Å². The molecule has 31 heavy (non-hydrogen) atoms. The van der Waals surface area contributed by atoms with Crippen LogP contribution in [0.2, 0.25) is 0 Å². The molecule has 0 aliphatic heterocycles. The number of urea groups is 1. The van der Waals surface area contributed by atoms with Gasteiger partial charge in [-0.1, -0.05) is 54.6 Å². The van der Waals surface area contributed by atoms with Crippen LogP contribution in [0.1, 0.15) is 5.56 Å². The topological polar surface area (TPSA) is 70.7 Å². The van der Waals surface area contributed by atoms with Gasteiger partial charge in [0.2, 0.25) is 5.91 Å². The van der Waals surface area contributed by atoms with Crippen LogP contribution in [0.5, 0.6) is 11.5 Å². The maximum absolute atomic E-state index is 14.5. The van der Waals surface area contributed by atoms with Crippen molar-refractivity contribution in [2.75, 3.05) is 19.4 Å². The molecule has 1 atom stereocenters. The number of nitrogens with one attached hydrogen (secondary N) is 2. The number of likely N-dealkylation sites (N-methyl/N-ethyl adjacent to an activating group) is 1. The molecule has 0 saturated carbocycles. The molecule has 0 fully saturated rings. The molecule has 6 nitrogen and oxygen atoms in total. The van der Waals surface area contributed by atoms with Gasteiger partial charge in [0, 0.05) is 20.5 Å². The molecule has 0 heterocycles. The highest BCUT2D eigenvalue weighted by Crippen LogP contribution is 2.31. The van der Waals surface area contributed by atoms with E-state index in [9.17, 15) is 14.0 Å². The lowest BCUT2D eigenvalue weighted by molar-refractivity contribution is -0.130. The van der Waals surface area contributed by atoms with Crippen molar-refractivity contribution in [3.63, 3.8) is 0 Å². The summed E-state index contributed by atoms with van der Waals surface area (Å²) in [5.74, 6) is -0.267. The van der Waals surface area contributed by atoms with Gasteiger partial charge in [-0.05, 0) is 29.8 Å². The minimum Gasteiger partial charge on any atom is -0.455 e. The summed E-state index contributed by atoms with van der Waals surface area (Å²) in [6.07, 6.45) is 0.302. The third-order valence-corrected chi connectivity index (χ3v) is 4.51. The Morgan fingerprint density at radius 3 is 2.23 bits per heavy atom. The van der Waals surface area contributed by atoms with Crippen LogP contribution in [0.25, 0.3) is 0 Å². The van der Waals surface area contributed by atoms with E-state index in [-0.39, 0.29) is 17.3 Å². The quantitative estimate of drug-likeness (QED) is 0.593. The fourth-order valence-corrected chi connectivity index (χ4v) is 3.00. The van der Waals surface area contributed by atoms with Gasteiger partial charge >= 0.3 is 6.03 Å². The molecule has 3 rings (SSSR count). The molecule has 0 aromatic heterocycles. The van der Waals surface area contributed by atoms with Crippen molar-refractivity contribution in [2.45, 2.75) is 12.5 Å². The number of nitrogens with zero attached hydrogens (tertiary/aromatic N) is 1. The van der Waals surface area contributed by atoms with E-state index in [1.54, 1.807) is 44.4 Å². The summed E-state index contributed by atoms with van der Waals surface area (Å²) in [6.45, 7) is 0. The Morgan fingerprint density at radius 1 is 0.935 bits per heavy atom.